The largest absolute Gasteiger partial charge is 0.493 e. The Kier molecular flexibility index (Phi) is 12.8. The van der Waals surface area contributed by atoms with Gasteiger partial charge in [-0.05, 0) is 18.2 Å². The number of esters is 4. The number of ether oxygens (including phenoxy) is 7. The maximum atomic E-state index is 12.9. The Morgan fingerprint density at radius 1 is 0.805 bits per heavy atom. The van der Waals surface area contributed by atoms with Crippen LogP contribution in [0.5, 0.6) is 11.5 Å². The van der Waals surface area contributed by atoms with Gasteiger partial charge < -0.3 is 48.3 Å². The van der Waals surface area contributed by atoms with Crippen LogP contribution in [-0.2, 0) is 42.9 Å². The highest BCUT2D eigenvalue weighted by molar-refractivity contribution is 5.95. The van der Waals surface area contributed by atoms with Gasteiger partial charge in [0.25, 0.3) is 5.91 Å². The molecular weight excluding hydrogens is 550 g/mol. The summed E-state index contributed by atoms with van der Waals surface area (Å²) >= 11 is 0. The number of nitrogens with zero attached hydrogens (tertiary/aromatic N) is 1. The number of benzene rings is 1. The van der Waals surface area contributed by atoms with E-state index in [1.54, 1.807) is 0 Å². The fourth-order valence-corrected chi connectivity index (χ4v) is 4.05. The van der Waals surface area contributed by atoms with Crippen LogP contribution in [0.3, 0.4) is 0 Å². The zero-order valence-electron chi connectivity index (χ0n) is 23.4. The molecule has 2 rings (SSSR count). The summed E-state index contributed by atoms with van der Waals surface area (Å²) < 4.78 is 38.4. The summed E-state index contributed by atoms with van der Waals surface area (Å²) in [6, 6.07) is 4.12. The van der Waals surface area contributed by atoms with E-state index in [0.717, 1.165) is 27.7 Å². The van der Waals surface area contributed by atoms with E-state index in [1.807, 2.05) is 0 Å². The summed E-state index contributed by atoms with van der Waals surface area (Å²) in [5.41, 5.74) is 0.151. The van der Waals surface area contributed by atoms with Crippen LogP contribution in [0, 0.1) is 0 Å². The van der Waals surface area contributed by atoms with Gasteiger partial charge in [-0.1, -0.05) is 0 Å². The monoisotopic (exact) mass is 585 g/mol. The Balaban J connectivity index is 2.50. The Bertz CT molecular complexity index is 1090. The summed E-state index contributed by atoms with van der Waals surface area (Å²) in [7, 11) is 1.31. The van der Waals surface area contributed by atoms with E-state index in [1.165, 1.54) is 30.2 Å². The molecule has 2 N–H and O–H groups in total. The van der Waals surface area contributed by atoms with Crippen molar-refractivity contribution >= 4 is 29.8 Å². The van der Waals surface area contributed by atoms with Crippen molar-refractivity contribution in [2.24, 2.45) is 0 Å². The number of carbonyl (C=O) groups is 5. The summed E-state index contributed by atoms with van der Waals surface area (Å²) in [4.78, 5) is 61.6. The highest BCUT2D eigenvalue weighted by atomic mass is 16.7. The average Bonchev–Trinajstić information content (AvgIpc) is 2.89. The number of aliphatic hydroxyl groups is 2. The van der Waals surface area contributed by atoms with Gasteiger partial charge in [0.2, 0.25) is 12.4 Å². The molecule has 0 aromatic heterocycles. The van der Waals surface area contributed by atoms with Crippen LogP contribution >= 0.6 is 0 Å². The van der Waals surface area contributed by atoms with Gasteiger partial charge in [-0.15, -0.1) is 0 Å². The van der Waals surface area contributed by atoms with Crippen molar-refractivity contribution < 1.29 is 67.3 Å². The molecule has 0 spiro atoms. The minimum atomic E-state index is -1.51. The van der Waals surface area contributed by atoms with Crippen molar-refractivity contribution in [1.82, 2.24) is 4.90 Å². The molecule has 1 aliphatic heterocycles. The Morgan fingerprint density at radius 2 is 1.37 bits per heavy atom. The quantitative estimate of drug-likeness (QED) is 0.224. The summed E-state index contributed by atoms with van der Waals surface area (Å²) in [5, 5.41) is 18.5. The van der Waals surface area contributed by atoms with Crippen molar-refractivity contribution in [2.75, 3.05) is 40.0 Å². The van der Waals surface area contributed by atoms with Crippen molar-refractivity contribution in [2.45, 2.75) is 58.4 Å². The number of hydrogen-bond donors (Lipinski definition) is 2. The fraction of sp³-hybridized carbons (Fsp3) is 0.577. The van der Waals surface area contributed by atoms with Gasteiger partial charge in [-0.2, -0.15) is 0 Å². The van der Waals surface area contributed by atoms with E-state index in [4.69, 9.17) is 33.2 Å². The van der Waals surface area contributed by atoms with Crippen molar-refractivity contribution in [3.8, 4) is 11.5 Å². The van der Waals surface area contributed by atoms with E-state index in [0.29, 0.717) is 0 Å². The zero-order valence-corrected chi connectivity index (χ0v) is 23.4. The van der Waals surface area contributed by atoms with Crippen molar-refractivity contribution in [3.63, 3.8) is 0 Å². The molecule has 0 unspecified atom stereocenters. The molecule has 0 aliphatic carbocycles. The Hall–Kier alpha value is -3.95. The van der Waals surface area contributed by atoms with Gasteiger partial charge in [0, 0.05) is 46.3 Å². The smallest absolute Gasteiger partial charge is 0.303 e. The van der Waals surface area contributed by atoms with E-state index in [9.17, 15) is 34.2 Å². The second-order valence-corrected chi connectivity index (χ2v) is 8.79. The third kappa shape index (κ3) is 9.58. The molecule has 228 valence electrons. The van der Waals surface area contributed by atoms with Gasteiger partial charge in [-0.3, -0.25) is 24.0 Å². The molecule has 15 heteroatoms. The first kappa shape index (κ1) is 33.3. The summed E-state index contributed by atoms with van der Waals surface area (Å²) in [5.74, 6) is -3.47. The van der Waals surface area contributed by atoms with Crippen molar-refractivity contribution in [1.29, 1.82) is 0 Å². The lowest BCUT2D eigenvalue weighted by atomic mass is 9.98. The topological polar surface area (TPSA) is 194 Å². The fourth-order valence-electron chi connectivity index (χ4n) is 4.05. The molecular formula is C26H35NO14. The molecule has 41 heavy (non-hydrogen) atoms. The number of aliphatic hydroxyl groups excluding tert-OH is 2. The average molecular weight is 586 g/mol. The number of hydrogen-bond acceptors (Lipinski definition) is 14. The third-order valence-corrected chi connectivity index (χ3v) is 5.63. The van der Waals surface area contributed by atoms with Crippen LogP contribution in [0.15, 0.2) is 18.2 Å². The van der Waals surface area contributed by atoms with Gasteiger partial charge in [0.15, 0.2) is 23.7 Å². The van der Waals surface area contributed by atoms with Gasteiger partial charge in [-0.25, -0.2) is 0 Å². The number of rotatable bonds is 13. The first-order valence-electron chi connectivity index (χ1n) is 12.6. The number of carbonyl (C=O) groups excluding carboxylic acids is 5. The molecule has 5 atom stereocenters. The SMILES string of the molecule is COc1cc(C(=O)N(CCO)CCO)ccc1O[C@@H]1O[C@H](COC(C)=O)[C@@H](OC(C)=O)[C@H](OC(C)=O)[C@@H]1OC(C)=O. The van der Waals surface area contributed by atoms with E-state index in [-0.39, 0.29) is 43.4 Å². The molecule has 15 nitrogen and oxygen atoms in total. The maximum absolute atomic E-state index is 12.9. The molecule has 1 aromatic rings. The molecule has 1 heterocycles. The minimum Gasteiger partial charge on any atom is -0.493 e. The molecule has 0 bridgehead atoms. The molecule has 1 fully saturated rings. The number of methoxy groups -OCH3 is 1. The Labute approximate surface area is 236 Å². The maximum Gasteiger partial charge on any atom is 0.303 e. The second kappa shape index (κ2) is 15.7. The molecule has 1 amide bonds. The second-order valence-electron chi connectivity index (χ2n) is 8.79. The minimum absolute atomic E-state index is 0.00923. The highest BCUT2D eigenvalue weighted by Gasteiger charge is 2.53. The van der Waals surface area contributed by atoms with E-state index < -0.39 is 67.1 Å². The highest BCUT2D eigenvalue weighted by Crippen LogP contribution is 2.35. The van der Waals surface area contributed by atoms with Crippen LogP contribution in [0.1, 0.15) is 38.1 Å². The number of amides is 1. The van der Waals surface area contributed by atoms with Crippen LogP contribution < -0.4 is 9.47 Å². The van der Waals surface area contributed by atoms with Crippen LogP contribution in [0.25, 0.3) is 0 Å². The van der Waals surface area contributed by atoms with Crippen LogP contribution in [0.4, 0.5) is 0 Å². The van der Waals surface area contributed by atoms with E-state index in [2.05, 4.69) is 0 Å². The molecule has 1 aliphatic rings. The van der Waals surface area contributed by atoms with Gasteiger partial charge >= 0.3 is 23.9 Å². The Morgan fingerprint density at radius 3 is 1.88 bits per heavy atom. The third-order valence-electron chi connectivity index (χ3n) is 5.63. The van der Waals surface area contributed by atoms with Gasteiger partial charge in [0.05, 0.1) is 20.3 Å². The molecule has 0 saturated carbocycles. The van der Waals surface area contributed by atoms with Gasteiger partial charge in [0.1, 0.15) is 12.7 Å². The van der Waals surface area contributed by atoms with Crippen LogP contribution in [0.2, 0.25) is 0 Å². The lowest BCUT2D eigenvalue weighted by Crippen LogP contribution is -2.63. The summed E-state index contributed by atoms with van der Waals surface area (Å²) in [6.07, 6.45) is -6.99. The first-order chi connectivity index (χ1) is 19.4. The first-order valence-corrected chi connectivity index (χ1v) is 12.6. The predicted molar refractivity (Wildman–Crippen MR) is 136 cm³/mol. The van der Waals surface area contributed by atoms with Crippen LogP contribution in [-0.4, -0.2) is 116 Å². The van der Waals surface area contributed by atoms with E-state index >= 15 is 0 Å². The lowest BCUT2D eigenvalue weighted by Gasteiger charge is -2.44. The normalized spacial score (nSPS) is 21.7. The molecule has 1 saturated heterocycles. The summed E-state index contributed by atoms with van der Waals surface area (Å²) in [6.45, 7) is 3.37. The molecule has 1 aromatic carbocycles. The van der Waals surface area contributed by atoms with Crippen molar-refractivity contribution in [3.05, 3.63) is 23.8 Å². The molecule has 0 radical (unpaired) electrons. The lowest BCUT2D eigenvalue weighted by molar-refractivity contribution is -0.288. The standard InChI is InChI=1S/C26H35NO14/c1-14(30)36-13-21-22(37-15(2)31)23(38-16(3)32)24(39-17(4)33)26(41-21)40-19-7-6-18(12-20(19)35-5)25(34)27(8-10-28)9-11-29/h6-7,12,21-24,26,28-29H,8-11,13H2,1-5H3/t21-,22-,23+,24+,26-/m1/s1. The predicted octanol–water partition coefficient (Wildman–Crippen LogP) is -0.416. The zero-order chi connectivity index (χ0) is 30.7.